The summed E-state index contributed by atoms with van der Waals surface area (Å²) in [4.78, 5) is 17.6. The fourth-order valence-corrected chi connectivity index (χ4v) is 7.55. The summed E-state index contributed by atoms with van der Waals surface area (Å²) in [5, 5.41) is 0.379. The average molecular weight is 844 g/mol. The van der Waals surface area contributed by atoms with E-state index in [-0.39, 0.29) is 5.78 Å². The van der Waals surface area contributed by atoms with Crippen molar-refractivity contribution in [3.05, 3.63) is 143 Å². The van der Waals surface area contributed by atoms with Crippen LogP contribution in [-0.2, 0) is 17.1 Å². The number of carbonyl (C=O) groups excluding carboxylic acids is 1. The van der Waals surface area contributed by atoms with Gasteiger partial charge in [0, 0.05) is 15.4 Å². The summed E-state index contributed by atoms with van der Waals surface area (Å²) in [6.07, 6.45) is -4.41. The Bertz CT molecular complexity index is 1860. The van der Waals surface area contributed by atoms with Crippen LogP contribution in [0.2, 0.25) is 5.02 Å². The van der Waals surface area contributed by atoms with Gasteiger partial charge in [-0.05, 0) is 84.9 Å². The van der Waals surface area contributed by atoms with Crippen molar-refractivity contribution in [2.45, 2.75) is 30.7 Å². The van der Waals surface area contributed by atoms with Gasteiger partial charge in [-0.15, -0.1) is 0 Å². The molecule has 0 radical (unpaired) electrons. The SMILES string of the molecule is COc1ccc([S+](c2ccc(Sc3cccc(Cl)c3C(=O)c3ccccc3)cc2)c2ccc(C(F)(F)F)cc2)cc1.[F][Sb-]([F])([F])([F])([F])[F]. The Hall–Kier alpha value is -3.25. The molecule has 0 aliphatic carbocycles. The molecule has 1 unspecified atom stereocenters. The Kier molecular flexibility index (Phi) is 10.9. The zero-order valence-corrected chi connectivity index (χ0v) is 29.3. The first-order valence-corrected chi connectivity index (χ1v) is 21.7. The van der Waals surface area contributed by atoms with E-state index < -0.39 is 42.1 Å². The summed E-state index contributed by atoms with van der Waals surface area (Å²) in [5.74, 6) is 0.539. The van der Waals surface area contributed by atoms with Crippen molar-refractivity contribution in [1.29, 1.82) is 0 Å². The molecule has 0 aliphatic heterocycles. The fraction of sp³-hybridized carbons (Fsp3) is 0.0606. The molecule has 0 spiro atoms. The van der Waals surface area contributed by atoms with E-state index >= 15 is 0 Å². The molecule has 0 fully saturated rings. The van der Waals surface area contributed by atoms with E-state index in [1.165, 1.54) is 23.9 Å². The van der Waals surface area contributed by atoms with Gasteiger partial charge in [-0.25, -0.2) is 0 Å². The van der Waals surface area contributed by atoms with Crippen LogP contribution < -0.4 is 4.74 Å². The normalized spacial score (nSPS) is 13.7. The molecule has 48 heavy (non-hydrogen) atoms. The van der Waals surface area contributed by atoms with Crippen LogP contribution >= 0.6 is 23.4 Å². The zero-order valence-electron chi connectivity index (χ0n) is 24.4. The number of hydrogen-bond acceptors (Lipinski definition) is 3. The van der Waals surface area contributed by atoms with Gasteiger partial charge in [0.1, 0.15) is 5.75 Å². The second-order valence-electron chi connectivity index (χ2n) is 9.84. The van der Waals surface area contributed by atoms with Crippen molar-refractivity contribution in [3.63, 3.8) is 0 Å². The van der Waals surface area contributed by atoms with Crippen molar-refractivity contribution in [2.75, 3.05) is 7.11 Å². The van der Waals surface area contributed by atoms with E-state index in [1.807, 2.05) is 78.9 Å². The molecule has 0 aliphatic rings. The molecule has 0 saturated heterocycles. The van der Waals surface area contributed by atoms with Crippen LogP contribution in [0.4, 0.5) is 30.0 Å². The number of methoxy groups -OCH3 is 1. The number of carbonyl (C=O) groups is 1. The van der Waals surface area contributed by atoms with Gasteiger partial charge < -0.3 is 4.74 Å². The fourth-order valence-electron chi connectivity index (χ4n) is 4.21. The standard InChI is InChI=1S/C33H23ClF3O2S2.6FH.Sb/c1-39-24-12-18-27(19-13-24)41(26-16-10-23(11-17-26)33(35,36)37)28-20-14-25(15-21-28)40-30-9-5-8-29(34)31(30)32(38)22-6-3-2-4-7-22;;;;;;;/h2-21H,1H3;6*1H;/q+1;;;;;;;+5/p-6. The Morgan fingerprint density at radius 3 is 1.65 bits per heavy atom. The molecule has 0 N–H and O–H groups in total. The number of rotatable bonds is 8. The molecule has 0 heterocycles. The summed E-state index contributed by atoms with van der Waals surface area (Å²) in [6, 6.07) is 35.1. The number of hydrogen-bond donors (Lipinski definition) is 0. The number of ether oxygens (including phenoxy) is 1. The second-order valence-corrected chi connectivity index (χ2v) is 18.9. The number of ketones is 1. The number of benzene rings is 5. The topological polar surface area (TPSA) is 26.3 Å². The van der Waals surface area contributed by atoms with E-state index in [4.69, 9.17) is 16.3 Å². The summed E-state index contributed by atoms with van der Waals surface area (Å²) in [7, 11) is 0.921. The first-order valence-electron chi connectivity index (χ1n) is 13.5. The molecule has 5 aromatic rings. The summed E-state index contributed by atoms with van der Waals surface area (Å²) in [6.45, 7) is 0. The van der Waals surface area contributed by atoms with Gasteiger partial charge in [-0.3, -0.25) is 4.79 Å². The Labute approximate surface area is 284 Å². The van der Waals surface area contributed by atoms with E-state index in [0.29, 0.717) is 21.9 Å². The number of alkyl halides is 3. The molecular weight excluding hydrogens is 821 g/mol. The van der Waals surface area contributed by atoms with E-state index in [2.05, 4.69) is 0 Å². The third kappa shape index (κ3) is 11.4. The van der Waals surface area contributed by atoms with Crippen LogP contribution in [0.5, 0.6) is 5.75 Å². The molecule has 5 aromatic carbocycles. The van der Waals surface area contributed by atoms with Crippen LogP contribution in [0.15, 0.2) is 146 Å². The minimum atomic E-state index is -11.2. The summed E-state index contributed by atoms with van der Waals surface area (Å²) >= 11 is -3.33. The van der Waals surface area contributed by atoms with Gasteiger partial charge in [-0.1, -0.05) is 59.8 Å². The molecule has 254 valence electrons. The first-order chi connectivity index (χ1) is 22.2. The number of halogens is 10. The van der Waals surface area contributed by atoms with E-state index in [0.717, 1.165) is 36.6 Å². The molecular formula is C33H23ClF9O2S2Sb. The molecule has 5 rings (SSSR count). The maximum absolute atomic E-state index is 13.3. The Morgan fingerprint density at radius 2 is 1.17 bits per heavy atom. The van der Waals surface area contributed by atoms with Gasteiger partial charge in [0.05, 0.1) is 34.2 Å². The van der Waals surface area contributed by atoms with Crippen LogP contribution in [0, 0.1) is 0 Å². The van der Waals surface area contributed by atoms with Gasteiger partial charge in [0.25, 0.3) is 0 Å². The molecule has 2 nitrogen and oxygen atoms in total. The van der Waals surface area contributed by atoms with E-state index in [1.54, 1.807) is 25.3 Å². The van der Waals surface area contributed by atoms with Crippen LogP contribution in [0.1, 0.15) is 21.5 Å². The molecule has 0 saturated carbocycles. The van der Waals surface area contributed by atoms with Crippen LogP contribution in [-0.4, -0.2) is 32.4 Å². The van der Waals surface area contributed by atoms with Crippen molar-refractivity contribution in [3.8, 4) is 5.75 Å². The monoisotopic (exact) mass is 842 g/mol. The molecule has 15 heteroatoms. The molecule has 0 aromatic heterocycles. The quantitative estimate of drug-likeness (QED) is 0.0674. The zero-order chi connectivity index (χ0) is 35.4. The Morgan fingerprint density at radius 1 is 0.688 bits per heavy atom. The van der Waals surface area contributed by atoms with Crippen molar-refractivity contribution in [1.82, 2.24) is 0 Å². The first kappa shape index (κ1) is 37.6. The van der Waals surface area contributed by atoms with Gasteiger partial charge >= 0.3 is 42.5 Å². The molecule has 0 amide bonds. The predicted molar refractivity (Wildman–Crippen MR) is 171 cm³/mol. The van der Waals surface area contributed by atoms with Crippen molar-refractivity contribution in [2.24, 2.45) is 0 Å². The van der Waals surface area contributed by atoms with Crippen LogP contribution in [0.3, 0.4) is 0 Å². The molecule has 0 bridgehead atoms. The van der Waals surface area contributed by atoms with E-state index in [9.17, 15) is 34.8 Å². The van der Waals surface area contributed by atoms with Gasteiger partial charge in [0.2, 0.25) is 0 Å². The summed E-state index contributed by atoms with van der Waals surface area (Å²) in [5.41, 5.74) is 0.309. The van der Waals surface area contributed by atoms with Crippen molar-refractivity contribution >= 4 is 59.5 Å². The maximum atomic E-state index is 13.3. The van der Waals surface area contributed by atoms with Crippen molar-refractivity contribution < 1.29 is 39.6 Å². The van der Waals surface area contributed by atoms with Gasteiger partial charge in [-0.2, -0.15) is 13.2 Å². The summed E-state index contributed by atoms with van der Waals surface area (Å²) < 4.78 is 105. The second kappa shape index (κ2) is 13.9. The molecule has 1 atom stereocenters. The predicted octanol–water partition coefficient (Wildman–Crippen LogP) is 12.0. The van der Waals surface area contributed by atoms with Crippen LogP contribution in [0.25, 0.3) is 0 Å². The third-order valence-corrected chi connectivity index (χ3v) is 9.85. The van der Waals surface area contributed by atoms with Gasteiger partial charge in [0.15, 0.2) is 20.5 Å². The minimum absolute atomic E-state index is 0.154. The third-order valence-electron chi connectivity index (χ3n) is 6.24. The Balaban J connectivity index is 0.000000671. The average Bonchev–Trinajstić information content (AvgIpc) is 3.01.